The number of hydrogen-bond acceptors (Lipinski definition) is 6. The Morgan fingerprint density at radius 2 is 1.73 bits per heavy atom. The van der Waals surface area contributed by atoms with E-state index in [9.17, 15) is 21.6 Å². The number of sulfonamides is 1. The molecule has 1 aromatic carbocycles. The van der Waals surface area contributed by atoms with Crippen LogP contribution in [0.25, 0.3) is 0 Å². The second kappa shape index (κ2) is 9.71. The first-order chi connectivity index (χ1) is 14.2. The SMILES string of the molecule is NS(=O)(=O)c1ccc(CCNC(=O)C2CCCN(S(=O)(=O)N3CCOCC3)C2)cc1. The van der Waals surface area contributed by atoms with Crippen LogP contribution in [0.5, 0.6) is 0 Å². The first kappa shape index (κ1) is 23.1. The summed E-state index contributed by atoms with van der Waals surface area (Å²) in [6, 6.07) is 6.18. The standard InChI is InChI=1S/C18H28N4O6S2/c19-29(24,25)17-5-3-15(4-6-17)7-8-20-18(23)16-2-1-9-22(14-16)30(26,27)21-10-12-28-13-11-21/h3-6,16H,1-2,7-14H2,(H,20,23)(H2,19,24,25). The lowest BCUT2D eigenvalue weighted by atomic mass is 9.99. The Kier molecular flexibility index (Phi) is 7.47. The van der Waals surface area contributed by atoms with Crippen LogP contribution in [0.2, 0.25) is 0 Å². The zero-order valence-corrected chi connectivity index (χ0v) is 18.3. The van der Waals surface area contributed by atoms with Gasteiger partial charge in [-0.15, -0.1) is 0 Å². The molecule has 0 spiro atoms. The van der Waals surface area contributed by atoms with Crippen molar-refractivity contribution in [1.82, 2.24) is 13.9 Å². The number of piperidine rings is 1. The predicted molar refractivity (Wildman–Crippen MR) is 110 cm³/mol. The summed E-state index contributed by atoms with van der Waals surface area (Å²) >= 11 is 0. The Labute approximate surface area is 177 Å². The molecule has 12 heteroatoms. The molecule has 0 aliphatic carbocycles. The van der Waals surface area contributed by atoms with Crippen LogP contribution in [0.3, 0.4) is 0 Å². The van der Waals surface area contributed by atoms with E-state index < -0.39 is 20.2 Å². The van der Waals surface area contributed by atoms with E-state index >= 15 is 0 Å². The topological polar surface area (TPSA) is 139 Å². The average Bonchev–Trinajstić information content (AvgIpc) is 2.74. The number of nitrogens with one attached hydrogen (secondary N) is 1. The quantitative estimate of drug-likeness (QED) is 0.551. The predicted octanol–water partition coefficient (Wildman–Crippen LogP) is -0.718. The first-order valence-corrected chi connectivity index (χ1v) is 12.8. The van der Waals surface area contributed by atoms with Gasteiger partial charge in [0.2, 0.25) is 15.9 Å². The van der Waals surface area contributed by atoms with Crippen molar-refractivity contribution >= 4 is 26.1 Å². The zero-order valence-electron chi connectivity index (χ0n) is 16.7. The van der Waals surface area contributed by atoms with Gasteiger partial charge in [0, 0.05) is 32.7 Å². The van der Waals surface area contributed by atoms with Gasteiger partial charge in [-0.05, 0) is 37.0 Å². The molecule has 2 heterocycles. The molecule has 168 valence electrons. The lowest BCUT2D eigenvalue weighted by molar-refractivity contribution is -0.126. The van der Waals surface area contributed by atoms with Gasteiger partial charge < -0.3 is 10.1 Å². The van der Waals surface area contributed by atoms with E-state index in [2.05, 4.69) is 5.32 Å². The van der Waals surface area contributed by atoms with Gasteiger partial charge in [0.05, 0.1) is 24.0 Å². The second-order valence-corrected chi connectivity index (χ2v) is 10.9. The van der Waals surface area contributed by atoms with Crippen molar-refractivity contribution in [2.24, 2.45) is 11.1 Å². The number of hydrogen-bond donors (Lipinski definition) is 2. The molecule has 0 aromatic heterocycles. The molecule has 3 N–H and O–H groups in total. The molecule has 2 saturated heterocycles. The molecule has 2 fully saturated rings. The van der Waals surface area contributed by atoms with Crippen molar-refractivity contribution in [3.05, 3.63) is 29.8 Å². The largest absolute Gasteiger partial charge is 0.379 e. The molecule has 0 saturated carbocycles. The maximum absolute atomic E-state index is 12.8. The number of rotatable bonds is 7. The molecular formula is C18H28N4O6S2. The molecule has 1 unspecified atom stereocenters. The summed E-state index contributed by atoms with van der Waals surface area (Å²) < 4.78 is 56.2. The summed E-state index contributed by atoms with van der Waals surface area (Å²) in [7, 11) is -7.31. The Morgan fingerprint density at radius 3 is 2.37 bits per heavy atom. The summed E-state index contributed by atoms with van der Waals surface area (Å²) in [5.74, 6) is -0.558. The maximum Gasteiger partial charge on any atom is 0.282 e. The van der Waals surface area contributed by atoms with E-state index in [0.29, 0.717) is 58.7 Å². The third-order valence-electron chi connectivity index (χ3n) is 5.34. The normalized spacial score (nSPS) is 22.0. The van der Waals surface area contributed by atoms with Crippen molar-refractivity contribution in [3.63, 3.8) is 0 Å². The van der Waals surface area contributed by atoms with Crippen LogP contribution in [0.15, 0.2) is 29.2 Å². The van der Waals surface area contributed by atoms with E-state index in [0.717, 1.165) is 5.56 Å². The number of primary sulfonamides is 1. The summed E-state index contributed by atoms with van der Waals surface area (Å²) in [5.41, 5.74) is 0.864. The molecule has 3 rings (SSSR count). The highest BCUT2D eigenvalue weighted by Gasteiger charge is 2.36. The number of ether oxygens (including phenoxy) is 1. The van der Waals surface area contributed by atoms with Crippen LogP contribution in [0.1, 0.15) is 18.4 Å². The third kappa shape index (κ3) is 5.77. The van der Waals surface area contributed by atoms with Crippen molar-refractivity contribution in [2.75, 3.05) is 45.9 Å². The third-order valence-corrected chi connectivity index (χ3v) is 8.27. The van der Waals surface area contributed by atoms with Crippen LogP contribution in [-0.4, -0.2) is 77.3 Å². The van der Waals surface area contributed by atoms with Gasteiger partial charge in [0.15, 0.2) is 0 Å². The summed E-state index contributed by atoms with van der Waals surface area (Å²) in [6.07, 6.45) is 1.81. The van der Waals surface area contributed by atoms with E-state index in [1.54, 1.807) is 12.1 Å². The van der Waals surface area contributed by atoms with Crippen molar-refractivity contribution < 1.29 is 26.4 Å². The second-order valence-electron chi connectivity index (χ2n) is 7.45. The lowest BCUT2D eigenvalue weighted by Crippen LogP contribution is -2.53. The smallest absolute Gasteiger partial charge is 0.282 e. The van der Waals surface area contributed by atoms with Gasteiger partial charge in [0.25, 0.3) is 10.2 Å². The van der Waals surface area contributed by atoms with E-state index in [4.69, 9.17) is 9.88 Å². The minimum atomic E-state index is -3.73. The molecule has 2 aliphatic heterocycles. The lowest BCUT2D eigenvalue weighted by Gasteiger charge is -2.36. The Bertz CT molecular complexity index is 943. The number of amides is 1. The van der Waals surface area contributed by atoms with Gasteiger partial charge in [0.1, 0.15) is 0 Å². The average molecular weight is 461 g/mol. The highest BCUT2D eigenvalue weighted by molar-refractivity contribution is 7.89. The Hall–Kier alpha value is -1.57. The molecule has 1 aromatic rings. The molecule has 0 radical (unpaired) electrons. The van der Waals surface area contributed by atoms with E-state index in [1.165, 1.54) is 20.7 Å². The number of nitrogens with two attached hydrogens (primary N) is 1. The van der Waals surface area contributed by atoms with Gasteiger partial charge in [-0.2, -0.15) is 17.0 Å². The van der Waals surface area contributed by atoms with Gasteiger partial charge >= 0.3 is 0 Å². The Balaban J connectivity index is 1.50. The van der Waals surface area contributed by atoms with Crippen molar-refractivity contribution in [3.8, 4) is 0 Å². The molecule has 1 amide bonds. The maximum atomic E-state index is 12.8. The van der Waals surface area contributed by atoms with Gasteiger partial charge in [-0.25, -0.2) is 13.6 Å². The number of carbonyl (C=O) groups excluding carboxylic acids is 1. The van der Waals surface area contributed by atoms with Crippen LogP contribution in [-0.2, 0) is 36.2 Å². The fourth-order valence-corrected chi connectivity index (χ4v) is 5.81. The fraction of sp³-hybridized carbons (Fsp3) is 0.611. The molecule has 10 nitrogen and oxygen atoms in total. The molecule has 1 atom stereocenters. The molecule has 0 bridgehead atoms. The molecule has 2 aliphatic rings. The highest BCUT2D eigenvalue weighted by Crippen LogP contribution is 2.22. The summed E-state index contributed by atoms with van der Waals surface area (Å²) in [6.45, 7) is 2.40. The van der Waals surface area contributed by atoms with Crippen molar-refractivity contribution in [2.45, 2.75) is 24.2 Å². The van der Waals surface area contributed by atoms with Gasteiger partial charge in [-0.3, -0.25) is 4.79 Å². The number of carbonyl (C=O) groups is 1. The van der Waals surface area contributed by atoms with Crippen LogP contribution >= 0.6 is 0 Å². The van der Waals surface area contributed by atoms with Gasteiger partial charge in [-0.1, -0.05) is 12.1 Å². The summed E-state index contributed by atoms with van der Waals surface area (Å²) in [5, 5.41) is 7.94. The minimum Gasteiger partial charge on any atom is -0.379 e. The van der Waals surface area contributed by atoms with Crippen LogP contribution in [0.4, 0.5) is 0 Å². The van der Waals surface area contributed by atoms with Crippen LogP contribution < -0.4 is 10.5 Å². The summed E-state index contributed by atoms with van der Waals surface area (Å²) in [4.78, 5) is 12.6. The Morgan fingerprint density at radius 1 is 1.07 bits per heavy atom. The zero-order chi connectivity index (χ0) is 21.8. The molecule has 30 heavy (non-hydrogen) atoms. The van der Waals surface area contributed by atoms with E-state index in [-0.39, 0.29) is 23.3 Å². The molecular weight excluding hydrogens is 432 g/mol. The first-order valence-electron chi connectivity index (χ1n) is 9.90. The minimum absolute atomic E-state index is 0.0408. The highest BCUT2D eigenvalue weighted by atomic mass is 32.2. The number of benzene rings is 1. The fourth-order valence-electron chi connectivity index (χ4n) is 3.63. The van der Waals surface area contributed by atoms with Crippen molar-refractivity contribution in [1.29, 1.82) is 0 Å². The van der Waals surface area contributed by atoms with E-state index in [1.807, 2.05) is 0 Å². The number of nitrogens with zero attached hydrogens (tertiary/aromatic N) is 2. The van der Waals surface area contributed by atoms with Crippen LogP contribution in [0, 0.1) is 5.92 Å². The number of morpholine rings is 1. The monoisotopic (exact) mass is 460 g/mol.